The van der Waals surface area contributed by atoms with Crippen LogP contribution in [0.25, 0.3) is 10.9 Å². The molecule has 7 nitrogen and oxygen atoms in total. The highest BCUT2D eigenvalue weighted by atomic mass is 127. The molecule has 1 atom stereocenters. The van der Waals surface area contributed by atoms with Gasteiger partial charge in [-0.1, -0.05) is 0 Å². The van der Waals surface area contributed by atoms with E-state index in [1.54, 1.807) is 6.20 Å². The van der Waals surface area contributed by atoms with E-state index in [-0.39, 0.29) is 5.91 Å². The van der Waals surface area contributed by atoms with Crippen LogP contribution in [0.2, 0.25) is 0 Å². The maximum atomic E-state index is 11.2. The number of hydrogen-bond acceptors (Lipinski definition) is 5. The zero-order chi connectivity index (χ0) is 14.8. The van der Waals surface area contributed by atoms with Crippen molar-refractivity contribution >= 4 is 56.9 Å². The van der Waals surface area contributed by atoms with Crippen LogP contribution in [0.4, 0.5) is 11.6 Å². The Kier molecular flexibility index (Phi) is 4.56. The van der Waals surface area contributed by atoms with Gasteiger partial charge >= 0.3 is 0 Å². The molecular weight excluding hydrogens is 404 g/mol. The van der Waals surface area contributed by atoms with Crippen LogP contribution in [-0.2, 0) is 9.53 Å². The largest absolute Gasteiger partial charge is 0.378 e. The number of nitrogens with one attached hydrogen (secondary N) is 1. The molecule has 1 aliphatic heterocycles. The van der Waals surface area contributed by atoms with E-state index < -0.39 is 0 Å². The number of rotatable bonds is 3. The van der Waals surface area contributed by atoms with Crippen molar-refractivity contribution in [1.82, 2.24) is 14.5 Å². The van der Waals surface area contributed by atoms with Gasteiger partial charge in [0.1, 0.15) is 5.82 Å². The summed E-state index contributed by atoms with van der Waals surface area (Å²) in [4.78, 5) is 17.7. The number of amides is 1. The predicted octanol–water partition coefficient (Wildman–Crippen LogP) is 2.02. The van der Waals surface area contributed by atoms with Crippen LogP contribution < -0.4 is 10.2 Å². The molecule has 1 N–H and O–H groups in total. The summed E-state index contributed by atoms with van der Waals surface area (Å²) in [5.74, 6) is 1.37. The summed E-state index contributed by atoms with van der Waals surface area (Å²) in [6.07, 6.45) is 2.27. The third-order valence-electron chi connectivity index (χ3n) is 3.24. The van der Waals surface area contributed by atoms with Crippen LogP contribution >= 0.6 is 28.4 Å². The number of aromatic nitrogens is 3. The number of fused-ring (bicyclic) bond motifs is 1. The van der Waals surface area contributed by atoms with Crippen LogP contribution in [0.1, 0.15) is 6.92 Å². The fourth-order valence-corrected chi connectivity index (χ4v) is 3.83. The minimum absolute atomic E-state index is 0.127. The molecule has 0 bridgehead atoms. The number of ether oxygens (including phenoxy) is 1. The summed E-state index contributed by atoms with van der Waals surface area (Å²) in [6.45, 7) is 4.59. The first-order valence-corrected chi connectivity index (χ1v) is 10.6. The zero-order valence-corrected chi connectivity index (χ0v) is 14.6. The molecule has 1 aliphatic rings. The molecule has 0 spiro atoms. The van der Waals surface area contributed by atoms with E-state index in [0.717, 1.165) is 43.0 Å². The van der Waals surface area contributed by atoms with Crippen molar-refractivity contribution in [2.75, 3.05) is 36.5 Å². The van der Waals surface area contributed by atoms with Crippen molar-refractivity contribution < 1.29 is 9.53 Å². The average Bonchev–Trinajstić information content (AvgIpc) is 2.85. The van der Waals surface area contributed by atoms with Gasteiger partial charge in [-0.3, -0.25) is 4.79 Å². The number of halogens is 1. The van der Waals surface area contributed by atoms with E-state index in [9.17, 15) is 4.79 Å². The standard InChI is InChI=1S/C12H15IN5O2P/c1-8(19)15-11-6-10-9(7-14-11)12(16-18(10)21-13)17-2-4-20-5-3-17/h6-7,21H,2-5H2,1H3,(H,14,15,19). The van der Waals surface area contributed by atoms with Crippen molar-refractivity contribution in [3.05, 3.63) is 12.3 Å². The van der Waals surface area contributed by atoms with Crippen LogP contribution in [0.5, 0.6) is 0 Å². The normalized spacial score (nSPS) is 16.0. The van der Waals surface area contributed by atoms with Crippen molar-refractivity contribution in [1.29, 1.82) is 0 Å². The molecule has 112 valence electrons. The van der Waals surface area contributed by atoms with Gasteiger partial charge in [-0.15, -0.1) is 5.10 Å². The number of nitrogens with zero attached hydrogens (tertiary/aromatic N) is 4. The fourth-order valence-electron chi connectivity index (χ4n) is 2.32. The maximum Gasteiger partial charge on any atom is 0.222 e. The summed E-state index contributed by atoms with van der Waals surface area (Å²) in [5.41, 5.74) is 0.989. The SMILES string of the molecule is CC(=O)Nc1cc2c(cn1)c(N1CCOCC1)nn2PI. The maximum absolute atomic E-state index is 11.2. The van der Waals surface area contributed by atoms with Crippen molar-refractivity contribution in [3.63, 3.8) is 0 Å². The first kappa shape index (κ1) is 14.9. The Balaban J connectivity index is 2.03. The third-order valence-corrected chi connectivity index (χ3v) is 5.11. The van der Waals surface area contributed by atoms with Crippen molar-refractivity contribution in [2.45, 2.75) is 6.92 Å². The number of carbonyl (C=O) groups is 1. The van der Waals surface area contributed by atoms with Gasteiger partial charge in [-0.25, -0.2) is 9.44 Å². The molecule has 3 rings (SSSR count). The number of pyridine rings is 1. The first-order valence-electron chi connectivity index (χ1n) is 6.55. The Morgan fingerprint density at radius 2 is 2.24 bits per heavy atom. The van der Waals surface area contributed by atoms with Gasteiger partial charge in [0.05, 0.1) is 30.5 Å². The lowest BCUT2D eigenvalue weighted by Gasteiger charge is -2.26. The summed E-state index contributed by atoms with van der Waals surface area (Å²) in [5, 5.41) is 8.41. The number of carbonyl (C=O) groups excluding carboxylic acids is 1. The third kappa shape index (κ3) is 3.12. The van der Waals surface area contributed by atoms with Crippen LogP contribution in [0.3, 0.4) is 0 Å². The molecule has 1 amide bonds. The lowest BCUT2D eigenvalue weighted by atomic mass is 10.3. The number of morpholine rings is 1. The second-order valence-corrected chi connectivity index (χ2v) is 6.73. The van der Waals surface area contributed by atoms with E-state index in [0.29, 0.717) is 12.2 Å². The van der Waals surface area contributed by atoms with Crippen LogP contribution in [0.15, 0.2) is 12.3 Å². The van der Waals surface area contributed by atoms with Crippen LogP contribution in [-0.4, -0.2) is 46.7 Å². The highest BCUT2D eigenvalue weighted by Gasteiger charge is 2.19. The Labute approximate surface area is 136 Å². The first-order chi connectivity index (χ1) is 10.2. The highest BCUT2D eigenvalue weighted by molar-refractivity contribution is 14.2. The number of hydrogen-bond donors (Lipinski definition) is 1. The summed E-state index contributed by atoms with van der Waals surface area (Å²) >= 11 is 2.30. The van der Waals surface area contributed by atoms with Gasteiger partial charge in [0.15, 0.2) is 5.82 Å². The zero-order valence-electron chi connectivity index (χ0n) is 11.5. The second kappa shape index (κ2) is 6.41. The fraction of sp³-hybridized carbons (Fsp3) is 0.417. The predicted molar refractivity (Wildman–Crippen MR) is 92.6 cm³/mol. The molecular formula is C12H15IN5O2P. The van der Waals surface area contributed by atoms with Gasteiger partial charge in [-0.2, -0.15) is 0 Å². The molecule has 0 saturated carbocycles. The molecule has 2 aromatic heterocycles. The minimum Gasteiger partial charge on any atom is -0.378 e. The van der Waals surface area contributed by atoms with Gasteiger partial charge in [0, 0.05) is 32.3 Å². The molecule has 9 heteroatoms. The highest BCUT2D eigenvalue weighted by Crippen LogP contribution is 2.34. The van der Waals surface area contributed by atoms with Gasteiger partial charge in [0.25, 0.3) is 0 Å². The molecule has 1 unspecified atom stereocenters. The summed E-state index contributed by atoms with van der Waals surface area (Å²) in [7, 11) is 0. The molecule has 0 aliphatic carbocycles. The minimum atomic E-state index is -0.127. The van der Waals surface area contributed by atoms with E-state index in [1.165, 1.54) is 6.92 Å². The molecule has 1 saturated heterocycles. The lowest BCUT2D eigenvalue weighted by molar-refractivity contribution is -0.114. The summed E-state index contributed by atoms with van der Waals surface area (Å²) < 4.78 is 7.34. The number of anilines is 2. The molecule has 1 fully saturated rings. The Morgan fingerprint density at radius 3 is 2.90 bits per heavy atom. The Bertz CT molecular complexity index is 671. The molecule has 3 heterocycles. The van der Waals surface area contributed by atoms with E-state index in [4.69, 9.17) is 9.84 Å². The van der Waals surface area contributed by atoms with Crippen molar-refractivity contribution in [3.8, 4) is 0 Å². The average molecular weight is 419 g/mol. The monoisotopic (exact) mass is 419 g/mol. The van der Waals surface area contributed by atoms with Gasteiger partial charge in [0.2, 0.25) is 5.91 Å². The van der Waals surface area contributed by atoms with E-state index in [1.807, 2.05) is 10.5 Å². The Hall–Kier alpha value is -0.990. The topological polar surface area (TPSA) is 72.3 Å². The smallest absolute Gasteiger partial charge is 0.222 e. The van der Waals surface area contributed by atoms with Crippen molar-refractivity contribution in [2.24, 2.45) is 0 Å². The van der Waals surface area contributed by atoms with Gasteiger partial charge in [-0.05, 0) is 22.0 Å². The quantitative estimate of drug-likeness (QED) is 0.609. The van der Waals surface area contributed by atoms with Crippen LogP contribution in [0, 0.1) is 0 Å². The molecule has 0 aromatic carbocycles. The van der Waals surface area contributed by atoms with E-state index in [2.05, 4.69) is 37.2 Å². The Morgan fingerprint density at radius 1 is 1.48 bits per heavy atom. The molecule has 0 radical (unpaired) electrons. The molecule has 2 aromatic rings. The second-order valence-electron chi connectivity index (χ2n) is 4.69. The van der Waals surface area contributed by atoms with Gasteiger partial charge < -0.3 is 15.0 Å². The lowest BCUT2D eigenvalue weighted by Crippen LogP contribution is -2.36. The van der Waals surface area contributed by atoms with E-state index >= 15 is 0 Å². The molecule has 21 heavy (non-hydrogen) atoms. The summed E-state index contributed by atoms with van der Waals surface area (Å²) in [6, 6.07) is 1.87.